The minimum absolute atomic E-state index is 0.0622. The van der Waals surface area contributed by atoms with Crippen LogP contribution in [0.15, 0.2) is 41.9 Å². The van der Waals surface area contributed by atoms with Crippen molar-refractivity contribution in [2.45, 2.75) is 38.8 Å². The van der Waals surface area contributed by atoms with Gasteiger partial charge in [0, 0.05) is 52.1 Å². The van der Waals surface area contributed by atoms with E-state index in [0.29, 0.717) is 18.7 Å². The van der Waals surface area contributed by atoms with Crippen LogP contribution in [0.3, 0.4) is 0 Å². The maximum absolute atomic E-state index is 13.3. The molecule has 0 saturated carbocycles. The number of carbonyl (C=O) groups excluding carboxylic acids is 2. The van der Waals surface area contributed by atoms with Crippen molar-refractivity contribution >= 4 is 23.3 Å². The zero-order valence-corrected chi connectivity index (χ0v) is 18.4. The highest BCUT2D eigenvalue weighted by Crippen LogP contribution is 2.19. The van der Waals surface area contributed by atoms with Crippen molar-refractivity contribution in [3.05, 3.63) is 52.5 Å². The van der Waals surface area contributed by atoms with Crippen LogP contribution in [-0.4, -0.2) is 65.1 Å². The number of nitrogens with one attached hydrogen (secondary N) is 1. The fraction of sp³-hybridized carbons (Fsp3) is 0.500. The molecule has 7 nitrogen and oxygen atoms in total. The van der Waals surface area contributed by atoms with Gasteiger partial charge in [0.1, 0.15) is 11.6 Å². The minimum atomic E-state index is -0.919. The van der Waals surface area contributed by atoms with Gasteiger partial charge in [-0.25, -0.2) is 9.78 Å². The molecule has 1 aromatic heterocycles. The number of hydrogen-bond donors (Lipinski definition) is 1. The first-order valence-corrected chi connectivity index (χ1v) is 11.0. The Balaban J connectivity index is 1.60. The van der Waals surface area contributed by atoms with Crippen molar-refractivity contribution in [3.8, 4) is 0 Å². The van der Waals surface area contributed by atoms with Crippen LogP contribution in [0, 0.1) is 0 Å². The number of aromatic nitrogens is 1. The number of hydrogen-bond acceptors (Lipinski definition) is 6. The van der Waals surface area contributed by atoms with Gasteiger partial charge in [-0.3, -0.25) is 9.69 Å². The monoisotopic (exact) mass is 431 g/mol. The van der Waals surface area contributed by atoms with Crippen LogP contribution in [0.25, 0.3) is 0 Å². The average molecular weight is 432 g/mol. The quantitative estimate of drug-likeness (QED) is 0.761. The highest BCUT2D eigenvalue weighted by molar-refractivity contribution is 7.09. The van der Waals surface area contributed by atoms with Gasteiger partial charge in [0.2, 0.25) is 5.91 Å². The molecule has 162 valence electrons. The highest BCUT2D eigenvalue weighted by Gasteiger charge is 2.31. The molecular weight excluding hydrogens is 400 g/mol. The number of ether oxygens (including phenoxy) is 1. The highest BCUT2D eigenvalue weighted by atomic mass is 32.1. The lowest BCUT2D eigenvalue weighted by molar-refractivity contribution is -0.135. The van der Waals surface area contributed by atoms with E-state index in [1.807, 2.05) is 41.9 Å². The maximum Gasteiger partial charge on any atom is 0.408 e. The van der Waals surface area contributed by atoms with Gasteiger partial charge in [-0.15, -0.1) is 11.3 Å². The zero-order valence-electron chi connectivity index (χ0n) is 18.5. The van der Waals surface area contributed by atoms with Crippen molar-refractivity contribution in [1.29, 1.82) is 0 Å². The number of nitrogens with zero attached hydrogens (tertiary/aromatic N) is 3. The number of carbonyl (C=O) groups is 2. The summed E-state index contributed by atoms with van der Waals surface area (Å²) in [5.74, 6) is -0.147. The number of amides is 2. The lowest BCUT2D eigenvalue weighted by atomic mass is 10.1. The van der Waals surface area contributed by atoms with Crippen molar-refractivity contribution < 1.29 is 15.7 Å². The van der Waals surface area contributed by atoms with E-state index in [-0.39, 0.29) is 12.8 Å². The summed E-state index contributed by atoms with van der Waals surface area (Å²) in [6.07, 6.45) is 2.04. The molecule has 2 amide bonds. The number of alkyl carbamates (subject to hydrolysis) is 1. The van der Waals surface area contributed by atoms with Gasteiger partial charge in [-0.2, -0.15) is 0 Å². The number of piperazine rings is 1. The van der Waals surface area contributed by atoms with Gasteiger partial charge in [0.25, 0.3) is 0 Å². The smallest absolute Gasteiger partial charge is 0.408 e. The van der Waals surface area contributed by atoms with E-state index in [2.05, 4.69) is 15.2 Å². The maximum atomic E-state index is 13.3. The first-order chi connectivity index (χ1) is 14.9. The molecule has 3 rings (SSSR count). The number of rotatable bonds is 6. The van der Waals surface area contributed by atoms with E-state index in [9.17, 15) is 9.59 Å². The van der Waals surface area contributed by atoms with Crippen LogP contribution < -0.4 is 5.32 Å². The molecule has 0 aliphatic carbocycles. The van der Waals surface area contributed by atoms with Gasteiger partial charge >= 0.3 is 6.09 Å². The summed E-state index contributed by atoms with van der Waals surface area (Å²) < 4.78 is 12.8. The van der Waals surface area contributed by atoms with E-state index in [4.69, 9.17) is 6.11 Å². The predicted molar refractivity (Wildman–Crippen MR) is 117 cm³/mol. The SMILES string of the molecule is [2H]CC(C)(C)OC(=O)NC(C(=O)N1CCN(CCc2nccs2)CC1)c1ccccc1. The second kappa shape index (κ2) is 10.0. The molecule has 1 atom stereocenters. The third-order valence-electron chi connectivity index (χ3n) is 4.82. The van der Waals surface area contributed by atoms with E-state index in [1.165, 1.54) is 0 Å². The van der Waals surface area contributed by atoms with Crippen LogP contribution in [0.5, 0.6) is 0 Å². The third-order valence-corrected chi connectivity index (χ3v) is 5.66. The molecule has 0 spiro atoms. The van der Waals surface area contributed by atoms with E-state index >= 15 is 0 Å². The second-order valence-corrected chi connectivity index (χ2v) is 8.96. The molecule has 1 N–H and O–H groups in total. The Morgan fingerprint density at radius 3 is 2.63 bits per heavy atom. The Labute approximate surface area is 183 Å². The molecular formula is C22H30N4O3S. The Kier molecular flexibility index (Phi) is 6.96. The average Bonchev–Trinajstić information content (AvgIpc) is 3.30. The molecule has 1 aromatic carbocycles. The van der Waals surface area contributed by atoms with Crippen LogP contribution in [-0.2, 0) is 16.0 Å². The van der Waals surface area contributed by atoms with E-state index in [0.717, 1.165) is 31.1 Å². The molecule has 1 saturated heterocycles. The Morgan fingerprint density at radius 2 is 2.00 bits per heavy atom. The summed E-state index contributed by atoms with van der Waals surface area (Å²) in [5.41, 5.74) is -0.212. The summed E-state index contributed by atoms with van der Waals surface area (Å²) in [7, 11) is 0. The van der Waals surface area contributed by atoms with Crippen molar-refractivity contribution in [3.63, 3.8) is 0 Å². The first kappa shape index (κ1) is 20.8. The van der Waals surface area contributed by atoms with Gasteiger partial charge in [-0.1, -0.05) is 30.3 Å². The van der Waals surface area contributed by atoms with E-state index < -0.39 is 17.7 Å². The van der Waals surface area contributed by atoms with Gasteiger partial charge in [-0.05, 0) is 26.3 Å². The van der Waals surface area contributed by atoms with Crippen molar-refractivity contribution in [1.82, 2.24) is 20.1 Å². The van der Waals surface area contributed by atoms with Crippen LogP contribution >= 0.6 is 11.3 Å². The normalized spacial score (nSPS) is 16.6. The Bertz CT molecular complexity index is 840. The lowest BCUT2D eigenvalue weighted by Gasteiger charge is -2.36. The molecule has 1 fully saturated rings. The molecule has 2 heterocycles. The van der Waals surface area contributed by atoms with E-state index in [1.54, 1.807) is 30.1 Å². The first-order valence-electron chi connectivity index (χ1n) is 10.8. The fourth-order valence-electron chi connectivity index (χ4n) is 3.34. The molecule has 0 radical (unpaired) electrons. The molecule has 1 unspecified atom stereocenters. The zero-order chi connectivity index (χ0) is 22.3. The van der Waals surface area contributed by atoms with Gasteiger partial charge in [0.05, 0.1) is 5.01 Å². The van der Waals surface area contributed by atoms with Crippen LogP contribution in [0.2, 0.25) is 0 Å². The number of benzene rings is 1. The molecule has 1 aliphatic rings. The van der Waals surface area contributed by atoms with Gasteiger partial charge < -0.3 is 15.0 Å². The lowest BCUT2D eigenvalue weighted by Crippen LogP contribution is -2.52. The van der Waals surface area contributed by atoms with Crippen LogP contribution in [0.1, 0.15) is 38.7 Å². The third kappa shape index (κ3) is 6.53. The largest absolute Gasteiger partial charge is 0.444 e. The van der Waals surface area contributed by atoms with Crippen LogP contribution in [0.4, 0.5) is 4.79 Å². The summed E-state index contributed by atoms with van der Waals surface area (Å²) in [4.78, 5) is 34.2. The fourth-order valence-corrected chi connectivity index (χ4v) is 3.95. The minimum Gasteiger partial charge on any atom is -0.444 e. The molecule has 0 bridgehead atoms. The summed E-state index contributed by atoms with van der Waals surface area (Å²) >= 11 is 1.66. The standard InChI is InChI=1S/C22H30N4O3S/c1-22(2,3)29-21(28)24-19(17-7-5-4-6-8-17)20(27)26-14-12-25(13-15-26)11-9-18-23-10-16-30-18/h4-8,10,16,19H,9,11-15H2,1-3H3,(H,24,28)/i1D. The molecule has 8 heteroatoms. The van der Waals surface area contributed by atoms with Gasteiger partial charge in [0.15, 0.2) is 0 Å². The Morgan fingerprint density at radius 1 is 1.27 bits per heavy atom. The second-order valence-electron chi connectivity index (χ2n) is 7.98. The van der Waals surface area contributed by atoms with Crippen molar-refractivity contribution in [2.24, 2.45) is 0 Å². The topological polar surface area (TPSA) is 74.8 Å². The summed E-state index contributed by atoms with van der Waals surface area (Å²) in [6.45, 7) is 6.99. The molecule has 30 heavy (non-hydrogen) atoms. The summed E-state index contributed by atoms with van der Waals surface area (Å²) in [5, 5.41) is 5.83. The Hall–Kier alpha value is -2.45. The summed E-state index contributed by atoms with van der Waals surface area (Å²) in [6, 6.07) is 8.37. The molecule has 2 aromatic rings. The number of thiazole rings is 1. The molecule has 1 aliphatic heterocycles. The predicted octanol–water partition coefficient (Wildman–Crippen LogP) is 3.10. The van der Waals surface area contributed by atoms with Crippen molar-refractivity contribution in [2.75, 3.05) is 32.7 Å².